The van der Waals surface area contributed by atoms with E-state index in [1.54, 1.807) is 0 Å². The summed E-state index contributed by atoms with van der Waals surface area (Å²) in [4.78, 5) is 6.87. The third-order valence-corrected chi connectivity index (χ3v) is 4.65. The SMILES string of the molecule is Cc1nc(N2CCC[C@H]2COc2ccc(Br)cc2)ccc1C#N. The Kier molecular flexibility index (Phi) is 4.82. The lowest BCUT2D eigenvalue weighted by molar-refractivity contribution is 0.288. The predicted molar refractivity (Wildman–Crippen MR) is 93.7 cm³/mol. The van der Waals surface area contributed by atoms with Gasteiger partial charge in [-0.15, -0.1) is 0 Å². The Labute approximate surface area is 144 Å². The summed E-state index contributed by atoms with van der Waals surface area (Å²) in [5.74, 6) is 1.81. The van der Waals surface area contributed by atoms with Crippen molar-refractivity contribution < 1.29 is 4.74 Å². The summed E-state index contributed by atoms with van der Waals surface area (Å²) < 4.78 is 6.98. The normalized spacial score (nSPS) is 17.1. The third kappa shape index (κ3) is 3.65. The molecule has 5 heteroatoms. The largest absolute Gasteiger partial charge is 0.491 e. The molecule has 0 saturated carbocycles. The second kappa shape index (κ2) is 7.01. The molecule has 2 heterocycles. The van der Waals surface area contributed by atoms with Crippen molar-refractivity contribution in [1.82, 2.24) is 4.98 Å². The first-order valence-corrected chi connectivity index (χ1v) is 8.49. The van der Waals surface area contributed by atoms with E-state index in [0.717, 1.165) is 41.1 Å². The first kappa shape index (κ1) is 15.8. The van der Waals surface area contributed by atoms with Crippen molar-refractivity contribution in [2.24, 2.45) is 0 Å². The topological polar surface area (TPSA) is 49.2 Å². The monoisotopic (exact) mass is 371 g/mol. The molecule has 0 spiro atoms. The average molecular weight is 372 g/mol. The number of hydrogen-bond donors (Lipinski definition) is 0. The van der Waals surface area contributed by atoms with Gasteiger partial charge in [0, 0.05) is 11.0 Å². The molecule has 3 rings (SSSR count). The Morgan fingerprint density at radius 2 is 2.09 bits per heavy atom. The quantitative estimate of drug-likeness (QED) is 0.812. The molecule has 0 bridgehead atoms. The summed E-state index contributed by atoms with van der Waals surface area (Å²) in [6.07, 6.45) is 2.23. The van der Waals surface area contributed by atoms with Crippen molar-refractivity contribution in [1.29, 1.82) is 5.26 Å². The molecule has 1 aliphatic rings. The zero-order chi connectivity index (χ0) is 16.2. The Bertz CT molecular complexity index is 724. The highest BCUT2D eigenvalue weighted by Crippen LogP contribution is 2.26. The van der Waals surface area contributed by atoms with Gasteiger partial charge in [0.2, 0.25) is 0 Å². The number of aryl methyl sites for hydroxylation is 1. The number of ether oxygens (including phenoxy) is 1. The number of pyridine rings is 1. The molecule has 0 unspecified atom stereocenters. The minimum Gasteiger partial charge on any atom is -0.491 e. The molecule has 4 nitrogen and oxygen atoms in total. The van der Waals surface area contributed by atoms with Crippen LogP contribution in [0.1, 0.15) is 24.1 Å². The van der Waals surface area contributed by atoms with E-state index in [-0.39, 0.29) is 0 Å². The first-order chi connectivity index (χ1) is 11.2. The third-order valence-electron chi connectivity index (χ3n) is 4.12. The van der Waals surface area contributed by atoms with Crippen LogP contribution in [-0.4, -0.2) is 24.2 Å². The maximum Gasteiger partial charge on any atom is 0.129 e. The second-order valence-corrected chi connectivity index (χ2v) is 6.58. The van der Waals surface area contributed by atoms with Crippen LogP contribution in [-0.2, 0) is 0 Å². The van der Waals surface area contributed by atoms with Crippen molar-refractivity contribution >= 4 is 21.7 Å². The van der Waals surface area contributed by atoms with Crippen molar-refractivity contribution in [3.8, 4) is 11.8 Å². The number of nitrogens with zero attached hydrogens (tertiary/aromatic N) is 3. The molecular weight excluding hydrogens is 354 g/mol. The fraction of sp³-hybridized carbons (Fsp3) is 0.333. The lowest BCUT2D eigenvalue weighted by atomic mass is 10.2. The van der Waals surface area contributed by atoms with Crippen molar-refractivity contribution in [2.45, 2.75) is 25.8 Å². The minimum absolute atomic E-state index is 0.318. The van der Waals surface area contributed by atoms with Crippen LogP contribution in [0.2, 0.25) is 0 Å². The Balaban J connectivity index is 1.69. The first-order valence-electron chi connectivity index (χ1n) is 7.70. The lowest BCUT2D eigenvalue weighted by Crippen LogP contribution is -2.34. The van der Waals surface area contributed by atoms with Crippen LogP contribution in [0.4, 0.5) is 5.82 Å². The number of halogens is 1. The van der Waals surface area contributed by atoms with E-state index in [9.17, 15) is 0 Å². The maximum atomic E-state index is 9.03. The standard InChI is InChI=1S/C18H18BrN3O/c1-13-14(11-20)4-9-18(21-13)22-10-2-3-16(22)12-23-17-7-5-15(19)6-8-17/h4-9,16H,2-3,10,12H2,1H3/t16-/m0/s1. The van der Waals surface area contributed by atoms with E-state index in [2.05, 4.69) is 31.9 Å². The van der Waals surface area contributed by atoms with Gasteiger partial charge in [-0.3, -0.25) is 0 Å². The molecule has 1 fully saturated rings. The number of nitriles is 1. The molecule has 0 aliphatic carbocycles. The van der Waals surface area contributed by atoms with Crippen LogP contribution in [0, 0.1) is 18.3 Å². The smallest absolute Gasteiger partial charge is 0.129 e. The number of anilines is 1. The second-order valence-electron chi connectivity index (χ2n) is 5.67. The van der Waals surface area contributed by atoms with E-state index >= 15 is 0 Å². The van der Waals surface area contributed by atoms with Crippen molar-refractivity contribution in [2.75, 3.05) is 18.1 Å². The predicted octanol–water partition coefficient (Wildman–Crippen LogP) is 4.07. The molecular formula is C18H18BrN3O. The van der Waals surface area contributed by atoms with E-state index < -0.39 is 0 Å². The van der Waals surface area contributed by atoms with Crippen molar-refractivity contribution in [3.05, 3.63) is 52.1 Å². The lowest BCUT2D eigenvalue weighted by Gasteiger charge is -2.26. The number of hydrogen-bond acceptors (Lipinski definition) is 4. The van der Waals surface area contributed by atoms with Crippen LogP contribution in [0.25, 0.3) is 0 Å². The van der Waals surface area contributed by atoms with Crippen LogP contribution in [0.15, 0.2) is 40.9 Å². The van der Waals surface area contributed by atoms with Gasteiger partial charge in [-0.05, 0) is 56.2 Å². The van der Waals surface area contributed by atoms with Gasteiger partial charge in [0.05, 0.1) is 17.3 Å². The van der Waals surface area contributed by atoms with Gasteiger partial charge in [0.15, 0.2) is 0 Å². The summed E-state index contributed by atoms with van der Waals surface area (Å²) in [5.41, 5.74) is 1.42. The Hall–Kier alpha value is -2.06. The minimum atomic E-state index is 0.318. The van der Waals surface area contributed by atoms with Crippen LogP contribution >= 0.6 is 15.9 Å². The fourth-order valence-electron chi connectivity index (χ4n) is 2.86. The summed E-state index contributed by atoms with van der Waals surface area (Å²) in [6, 6.07) is 14.2. The van der Waals surface area contributed by atoms with E-state index in [1.165, 1.54) is 0 Å². The molecule has 1 atom stereocenters. The van der Waals surface area contributed by atoms with Crippen LogP contribution in [0.5, 0.6) is 5.75 Å². The number of rotatable bonds is 4. The average Bonchev–Trinajstić information content (AvgIpc) is 3.03. The highest BCUT2D eigenvalue weighted by atomic mass is 79.9. The molecule has 1 aliphatic heterocycles. The number of aromatic nitrogens is 1. The Morgan fingerprint density at radius 3 is 2.78 bits per heavy atom. The molecule has 1 aromatic carbocycles. The highest BCUT2D eigenvalue weighted by molar-refractivity contribution is 9.10. The molecule has 0 radical (unpaired) electrons. The van der Waals surface area contributed by atoms with Gasteiger partial charge >= 0.3 is 0 Å². The Morgan fingerprint density at radius 1 is 1.30 bits per heavy atom. The summed E-state index contributed by atoms with van der Waals surface area (Å²) in [5, 5.41) is 9.03. The molecule has 118 valence electrons. The number of benzene rings is 1. The molecule has 0 N–H and O–H groups in total. The van der Waals surface area contributed by atoms with Crippen LogP contribution in [0.3, 0.4) is 0 Å². The van der Waals surface area contributed by atoms with Gasteiger partial charge in [-0.25, -0.2) is 4.98 Å². The summed E-state index contributed by atoms with van der Waals surface area (Å²) in [6.45, 7) is 3.50. The van der Waals surface area contributed by atoms with Gasteiger partial charge in [-0.2, -0.15) is 5.26 Å². The summed E-state index contributed by atoms with van der Waals surface area (Å²) >= 11 is 3.43. The zero-order valence-electron chi connectivity index (χ0n) is 13.0. The van der Waals surface area contributed by atoms with Gasteiger partial charge < -0.3 is 9.64 Å². The molecule has 23 heavy (non-hydrogen) atoms. The molecule has 2 aromatic rings. The molecule has 1 aromatic heterocycles. The summed E-state index contributed by atoms with van der Waals surface area (Å²) in [7, 11) is 0. The van der Waals surface area contributed by atoms with E-state index in [0.29, 0.717) is 18.2 Å². The molecule has 1 saturated heterocycles. The van der Waals surface area contributed by atoms with Gasteiger partial charge in [-0.1, -0.05) is 15.9 Å². The fourth-order valence-corrected chi connectivity index (χ4v) is 3.12. The highest BCUT2D eigenvalue weighted by Gasteiger charge is 2.26. The molecule has 0 amide bonds. The van der Waals surface area contributed by atoms with E-state index in [4.69, 9.17) is 10.00 Å². The van der Waals surface area contributed by atoms with Crippen molar-refractivity contribution in [3.63, 3.8) is 0 Å². The van der Waals surface area contributed by atoms with Gasteiger partial charge in [0.25, 0.3) is 0 Å². The van der Waals surface area contributed by atoms with Crippen LogP contribution < -0.4 is 9.64 Å². The van der Waals surface area contributed by atoms with E-state index in [1.807, 2.05) is 43.3 Å². The zero-order valence-corrected chi connectivity index (χ0v) is 14.6. The van der Waals surface area contributed by atoms with Gasteiger partial charge in [0.1, 0.15) is 24.2 Å². The maximum absolute atomic E-state index is 9.03.